The van der Waals surface area contributed by atoms with Gasteiger partial charge in [-0.25, -0.2) is 0 Å². The van der Waals surface area contributed by atoms with E-state index >= 15 is 0 Å². The number of rotatable bonds is 9. The normalized spacial score (nSPS) is 17.7. The average molecular weight is 214 g/mol. The van der Waals surface area contributed by atoms with Crippen molar-refractivity contribution >= 4 is 5.91 Å². The highest BCUT2D eigenvalue weighted by Gasteiger charge is 2.21. The molecule has 1 atom stereocenters. The Morgan fingerprint density at radius 3 is 2.87 bits per heavy atom. The van der Waals surface area contributed by atoms with Gasteiger partial charge in [0.25, 0.3) is 0 Å². The fourth-order valence-corrected chi connectivity index (χ4v) is 1.42. The molecule has 1 aliphatic carbocycles. The zero-order valence-corrected chi connectivity index (χ0v) is 9.50. The van der Waals surface area contributed by atoms with Crippen LogP contribution in [0.4, 0.5) is 0 Å². The molecule has 0 bridgehead atoms. The van der Waals surface area contributed by atoms with Crippen LogP contribution in [0.5, 0.6) is 0 Å². The summed E-state index contributed by atoms with van der Waals surface area (Å²) in [4.78, 5) is 11.0. The molecule has 0 aromatic rings. The van der Waals surface area contributed by atoms with E-state index in [1.54, 1.807) is 0 Å². The van der Waals surface area contributed by atoms with Gasteiger partial charge in [-0.05, 0) is 25.3 Å². The van der Waals surface area contributed by atoms with Crippen molar-refractivity contribution in [2.75, 3.05) is 19.8 Å². The Labute approximate surface area is 91.5 Å². The van der Waals surface area contributed by atoms with E-state index < -0.39 is 0 Å². The van der Waals surface area contributed by atoms with Gasteiger partial charge in [-0.2, -0.15) is 0 Å². The Bertz CT molecular complexity index is 193. The van der Waals surface area contributed by atoms with E-state index in [2.05, 4.69) is 12.2 Å². The highest BCUT2D eigenvalue weighted by atomic mass is 16.5. The third kappa shape index (κ3) is 5.74. The van der Waals surface area contributed by atoms with Gasteiger partial charge in [-0.3, -0.25) is 4.79 Å². The van der Waals surface area contributed by atoms with Crippen LogP contribution in [0.1, 0.15) is 32.6 Å². The first-order valence-electron chi connectivity index (χ1n) is 5.84. The van der Waals surface area contributed by atoms with Crippen LogP contribution < -0.4 is 11.1 Å². The molecule has 4 nitrogen and oxygen atoms in total. The van der Waals surface area contributed by atoms with Crippen molar-refractivity contribution in [3.05, 3.63) is 0 Å². The van der Waals surface area contributed by atoms with Crippen LogP contribution in [0.15, 0.2) is 0 Å². The minimum absolute atomic E-state index is 0.324. The van der Waals surface area contributed by atoms with Gasteiger partial charge >= 0.3 is 0 Å². The summed E-state index contributed by atoms with van der Waals surface area (Å²) in [6.45, 7) is 4.02. The summed E-state index contributed by atoms with van der Waals surface area (Å²) in [6.07, 6.45) is 4.80. The molecule has 0 heterocycles. The second-order valence-corrected chi connectivity index (χ2v) is 4.22. The zero-order valence-electron chi connectivity index (χ0n) is 9.50. The lowest BCUT2D eigenvalue weighted by Crippen LogP contribution is -2.45. The largest absolute Gasteiger partial charge is 0.379 e. The Balaban J connectivity index is 2.03. The predicted octanol–water partition coefficient (Wildman–Crippen LogP) is 0.657. The topological polar surface area (TPSA) is 64.3 Å². The number of hydrogen-bond donors (Lipinski definition) is 2. The van der Waals surface area contributed by atoms with Gasteiger partial charge in [-0.15, -0.1) is 0 Å². The molecule has 1 unspecified atom stereocenters. The molecule has 1 saturated carbocycles. The molecule has 0 aromatic carbocycles. The first kappa shape index (κ1) is 12.5. The molecule has 4 heteroatoms. The summed E-state index contributed by atoms with van der Waals surface area (Å²) in [7, 11) is 0. The molecule has 88 valence electrons. The summed E-state index contributed by atoms with van der Waals surface area (Å²) >= 11 is 0. The van der Waals surface area contributed by atoms with E-state index in [0.29, 0.717) is 6.61 Å². The minimum Gasteiger partial charge on any atom is -0.379 e. The van der Waals surface area contributed by atoms with Crippen LogP contribution in [0, 0.1) is 5.92 Å². The molecule has 0 aliphatic heterocycles. The maximum atomic E-state index is 11.0. The molecule has 1 fully saturated rings. The number of carbonyl (C=O) groups is 1. The molecule has 1 rings (SSSR count). The molecule has 0 spiro atoms. The Kier molecular flexibility index (Phi) is 5.65. The van der Waals surface area contributed by atoms with Crippen molar-refractivity contribution in [3.63, 3.8) is 0 Å². The summed E-state index contributed by atoms with van der Waals surface area (Å²) < 4.78 is 5.44. The molecule has 1 amide bonds. The third-order valence-corrected chi connectivity index (χ3v) is 2.64. The molecule has 0 saturated heterocycles. The summed E-state index contributed by atoms with van der Waals surface area (Å²) in [5.41, 5.74) is 5.25. The molecular weight excluding hydrogens is 192 g/mol. The number of nitrogens with one attached hydrogen (secondary N) is 1. The highest BCUT2D eigenvalue weighted by Crippen LogP contribution is 2.32. The minimum atomic E-state index is -0.329. The van der Waals surface area contributed by atoms with Crippen molar-refractivity contribution in [3.8, 4) is 0 Å². The van der Waals surface area contributed by atoms with Crippen molar-refractivity contribution in [2.24, 2.45) is 11.7 Å². The quantitative estimate of drug-likeness (QED) is 0.554. The van der Waals surface area contributed by atoms with Crippen molar-refractivity contribution in [1.82, 2.24) is 5.32 Å². The fraction of sp³-hybridized carbons (Fsp3) is 0.909. The van der Waals surface area contributed by atoms with Gasteiger partial charge in [0.05, 0.1) is 6.61 Å². The van der Waals surface area contributed by atoms with Crippen molar-refractivity contribution in [1.29, 1.82) is 0 Å². The molecule has 15 heavy (non-hydrogen) atoms. The second kappa shape index (κ2) is 6.80. The second-order valence-electron chi connectivity index (χ2n) is 4.22. The SMILES string of the molecule is CCCNC(COCCC1CC1)C(N)=O. The van der Waals surface area contributed by atoms with E-state index in [1.807, 2.05) is 0 Å². The van der Waals surface area contributed by atoms with Gasteiger partial charge < -0.3 is 15.8 Å². The number of carbonyl (C=O) groups excluding carboxylic acids is 1. The van der Waals surface area contributed by atoms with E-state index in [1.165, 1.54) is 12.8 Å². The number of nitrogens with two attached hydrogens (primary N) is 1. The molecule has 0 radical (unpaired) electrons. The smallest absolute Gasteiger partial charge is 0.236 e. The Morgan fingerprint density at radius 2 is 2.33 bits per heavy atom. The van der Waals surface area contributed by atoms with Gasteiger partial charge in [0.1, 0.15) is 6.04 Å². The summed E-state index contributed by atoms with van der Waals surface area (Å²) in [5, 5.41) is 3.07. The highest BCUT2D eigenvalue weighted by molar-refractivity contribution is 5.79. The standard InChI is InChI=1S/C11H22N2O2/c1-2-6-13-10(11(12)14)8-15-7-5-9-3-4-9/h9-10,13H,2-8H2,1H3,(H2,12,14). The summed E-state index contributed by atoms with van der Waals surface area (Å²) in [5.74, 6) is 0.551. The Morgan fingerprint density at radius 1 is 1.60 bits per heavy atom. The molecule has 3 N–H and O–H groups in total. The van der Waals surface area contributed by atoms with Gasteiger partial charge in [0.2, 0.25) is 5.91 Å². The first-order valence-corrected chi connectivity index (χ1v) is 5.84. The fourth-order valence-electron chi connectivity index (χ4n) is 1.42. The molecule has 1 aliphatic rings. The average Bonchev–Trinajstić information content (AvgIpc) is 3.00. The monoisotopic (exact) mass is 214 g/mol. The zero-order chi connectivity index (χ0) is 11.1. The van der Waals surface area contributed by atoms with E-state index in [4.69, 9.17) is 10.5 Å². The first-order chi connectivity index (χ1) is 7.24. The van der Waals surface area contributed by atoms with E-state index in [-0.39, 0.29) is 11.9 Å². The van der Waals surface area contributed by atoms with Crippen molar-refractivity contribution < 1.29 is 9.53 Å². The van der Waals surface area contributed by atoms with Gasteiger partial charge in [0.15, 0.2) is 0 Å². The molecule has 0 aromatic heterocycles. The predicted molar refractivity (Wildman–Crippen MR) is 59.4 cm³/mol. The third-order valence-electron chi connectivity index (χ3n) is 2.64. The van der Waals surface area contributed by atoms with Crippen LogP contribution >= 0.6 is 0 Å². The van der Waals surface area contributed by atoms with Gasteiger partial charge in [-0.1, -0.05) is 19.8 Å². The van der Waals surface area contributed by atoms with Gasteiger partial charge in [0, 0.05) is 6.61 Å². The van der Waals surface area contributed by atoms with Crippen LogP contribution in [-0.4, -0.2) is 31.7 Å². The maximum absolute atomic E-state index is 11.0. The maximum Gasteiger partial charge on any atom is 0.236 e. The lowest BCUT2D eigenvalue weighted by molar-refractivity contribution is -0.121. The number of primary amides is 1. The number of hydrogen-bond acceptors (Lipinski definition) is 3. The van der Waals surface area contributed by atoms with Crippen LogP contribution in [0.3, 0.4) is 0 Å². The van der Waals surface area contributed by atoms with Crippen molar-refractivity contribution in [2.45, 2.75) is 38.6 Å². The van der Waals surface area contributed by atoms with E-state index in [9.17, 15) is 4.79 Å². The lowest BCUT2D eigenvalue weighted by atomic mass is 10.3. The number of ether oxygens (including phenoxy) is 1. The molecular formula is C11H22N2O2. The lowest BCUT2D eigenvalue weighted by Gasteiger charge is -2.14. The number of amides is 1. The van der Waals surface area contributed by atoms with Crippen LogP contribution in [0.2, 0.25) is 0 Å². The Hall–Kier alpha value is -0.610. The van der Waals surface area contributed by atoms with E-state index in [0.717, 1.165) is 31.9 Å². The summed E-state index contributed by atoms with van der Waals surface area (Å²) in [6, 6.07) is -0.329. The van der Waals surface area contributed by atoms with Crippen LogP contribution in [0.25, 0.3) is 0 Å². The van der Waals surface area contributed by atoms with Crippen LogP contribution in [-0.2, 0) is 9.53 Å².